The van der Waals surface area contributed by atoms with Gasteiger partial charge in [-0.2, -0.15) is 5.10 Å². The molecule has 0 aliphatic rings. The molecule has 8 heteroatoms. The Kier molecular flexibility index (Phi) is 12.1. The Balaban J connectivity index is 1.46. The third-order valence-electron chi connectivity index (χ3n) is 5.36. The number of hydrogen-bond donors (Lipinski definition) is 1. The summed E-state index contributed by atoms with van der Waals surface area (Å²) in [5, 5.41) is 4.05. The number of benzene rings is 3. The van der Waals surface area contributed by atoms with Crippen LogP contribution in [-0.4, -0.2) is 39.1 Å². The van der Waals surface area contributed by atoms with E-state index in [-0.39, 0.29) is 5.91 Å². The van der Waals surface area contributed by atoms with Gasteiger partial charge in [0.05, 0.1) is 23.5 Å². The molecule has 7 nitrogen and oxygen atoms in total. The molecule has 0 fully saturated rings. The van der Waals surface area contributed by atoms with Gasteiger partial charge in [-0.1, -0.05) is 44.4 Å². The Morgan fingerprint density at radius 2 is 1.57 bits per heavy atom. The van der Waals surface area contributed by atoms with E-state index in [4.69, 9.17) is 18.9 Å². The van der Waals surface area contributed by atoms with Crippen LogP contribution in [0.5, 0.6) is 23.0 Å². The highest BCUT2D eigenvalue weighted by molar-refractivity contribution is 14.1. The van der Waals surface area contributed by atoms with E-state index >= 15 is 0 Å². The zero-order valence-corrected chi connectivity index (χ0v) is 23.4. The summed E-state index contributed by atoms with van der Waals surface area (Å²) in [6, 6.07) is 20.3. The SMILES string of the molecule is CCCCCCOc1ccc(OCCOc2c(I)cc(C=NNC(=O)c3ccccc3)cc2OC)cc1. The van der Waals surface area contributed by atoms with Crippen LogP contribution < -0.4 is 24.4 Å². The fourth-order valence-corrected chi connectivity index (χ4v) is 4.21. The van der Waals surface area contributed by atoms with E-state index in [1.165, 1.54) is 19.3 Å². The average molecular weight is 616 g/mol. The summed E-state index contributed by atoms with van der Waals surface area (Å²) >= 11 is 2.19. The van der Waals surface area contributed by atoms with E-state index in [2.05, 4.69) is 40.0 Å². The number of rotatable bonds is 15. The van der Waals surface area contributed by atoms with Crippen LogP contribution in [0.3, 0.4) is 0 Å². The molecule has 0 radical (unpaired) electrons. The number of carbonyl (C=O) groups excluding carboxylic acids is 1. The maximum atomic E-state index is 12.1. The summed E-state index contributed by atoms with van der Waals surface area (Å²) in [6.07, 6.45) is 6.31. The molecule has 1 amide bonds. The van der Waals surface area contributed by atoms with Gasteiger partial charge >= 0.3 is 0 Å². The van der Waals surface area contributed by atoms with Crippen molar-refractivity contribution in [3.8, 4) is 23.0 Å². The second-order valence-electron chi connectivity index (χ2n) is 8.18. The first-order valence-corrected chi connectivity index (χ1v) is 13.4. The van der Waals surface area contributed by atoms with Gasteiger partial charge in [-0.15, -0.1) is 0 Å². The molecular weight excluding hydrogens is 583 g/mol. The molecule has 0 aromatic heterocycles. The lowest BCUT2D eigenvalue weighted by molar-refractivity contribution is 0.0955. The van der Waals surface area contributed by atoms with Crippen molar-refractivity contribution in [2.75, 3.05) is 26.9 Å². The minimum absolute atomic E-state index is 0.275. The van der Waals surface area contributed by atoms with Crippen molar-refractivity contribution in [1.82, 2.24) is 5.43 Å². The molecule has 1 N–H and O–H groups in total. The van der Waals surface area contributed by atoms with E-state index < -0.39 is 0 Å². The van der Waals surface area contributed by atoms with E-state index in [9.17, 15) is 4.79 Å². The molecule has 0 saturated heterocycles. The first kappa shape index (κ1) is 28.3. The third-order valence-corrected chi connectivity index (χ3v) is 6.16. The van der Waals surface area contributed by atoms with Gasteiger partial charge in [0.1, 0.15) is 24.7 Å². The molecule has 0 spiro atoms. The minimum Gasteiger partial charge on any atom is -0.494 e. The Labute approximate surface area is 232 Å². The fraction of sp³-hybridized carbons (Fsp3) is 0.310. The topological polar surface area (TPSA) is 78.4 Å². The second kappa shape index (κ2) is 15.8. The summed E-state index contributed by atoms with van der Waals surface area (Å²) in [4.78, 5) is 12.1. The van der Waals surface area contributed by atoms with Gasteiger partial charge in [-0.3, -0.25) is 4.79 Å². The number of halogens is 1. The molecule has 0 unspecified atom stereocenters. The molecule has 0 heterocycles. The van der Waals surface area contributed by atoms with Crippen LogP contribution in [0, 0.1) is 3.57 Å². The highest BCUT2D eigenvalue weighted by atomic mass is 127. The molecule has 3 aromatic carbocycles. The van der Waals surface area contributed by atoms with Crippen LogP contribution in [-0.2, 0) is 0 Å². The Morgan fingerprint density at radius 3 is 2.24 bits per heavy atom. The van der Waals surface area contributed by atoms with E-state index in [0.29, 0.717) is 30.3 Å². The van der Waals surface area contributed by atoms with Crippen LogP contribution in [0.4, 0.5) is 0 Å². The van der Waals surface area contributed by atoms with Gasteiger partial charge in [-0.25, -0.2) is 5.43 Å². The normalized spacial score (nSPS) is 10.8. The van der Waals surface area contributed by atoms with Gasteiger partial charge in [0.2, 0.25) is 0 Å². The van der Waals surface area contributed by atoms with Crippen molar-refractivity contribution < 1.29 is 23.7 Å². The fourth-order valence-electron chi connectivity index (χ4n) is 3.43. The Bertz CT molecular complexity index is 1140. The van der Waals surface area contributed by atoms with Gasteiger partial charge in [0.25, 0.3) is 5.91 Å². The number of ether oxygens (including phenoxy) is 4. The van der Waals surface area contributed by atoms with Crippen LogP contribution in [0.1, 0.15) is 48.5 Å². The van der Waals surface area contributed by atoms with Crippen molar-refractivity contribution >= 4 is 34.7 Å². The predicted octanol–water partition coefficient (Wildman–Crippen LogP) is 6.48. The van der Waals surface area contributed by atoms with Crippen molar-refractivity contribution in [2.45, 2.75) is 32.6 Å². The average Bonchev–Trinajstić information content (AvgIpc) is 2.92. The molecule has 0 atom stereocenters. The number of methoxy groups -OCH3 is 1. The lowest BCUT2D eigenvalue weighted by atomic mass is 10.2. The van der Waals surface area contributed by atoms with Gasteiger partial charge in [0, 0.05) is 5.56 Å². The standard InChI is InChI=1S/C29H33IN2O5/c1-3-4-5-9-16-35-24-12-14-25(15-13-24)36-17-18-37-28-26(30)19-22(20-27(28)34-2)21-31-32-29(33)23-10-7-6-8-11-23/h6-8,10-15,19-21H,3-5,9,16-18H2,1-2H3,(H,32,33). The molecule has 0 aliphatic heterocycles. The second-order valence-corrected chi connectivity index (χ2v) is 9.34. The summed E-state index contributed by atoms with van der Waals surface area (Å²) in [6.45, 7) is 3.67. The predicted molar refractivity (Wildman–Crippen MR) is 154 cm³/mol. The van der Waals surface area contributed by atoms with Crippen molar-refractivity contribution in [2.24, 2.45) is 5.10 Å². The quantitative estimate of drug-likeness (QED) is 0.0916. The number of nitrogens with one attached hydrogen (secondary N) is 1. The first-order valence-electron chi connectivity index (χ1n) is 12.3. The van der Waals surface area contributed by atoms with Gasteiger partial charge in [-0.05, 0) is 83.1 Å². The zero-order chi connectivity index (χ0) is 26.3. The Hall–Kier alpha value is -3.27. The number of amides is 1. The highest BCUT2D eigenvalue weighted by Crippen LogP contribution is 2.33. The number of hydrogen-bond acceptors (Lipinski definition) is 6. The van der Waals surface area contributed by atoms with Crippen LogP contribution in [0.15, 0.2) is 71.8 Å². The number of nitrogens with zero attached hydrogens (tertiary/aromatic N) is 1. The van der Waals surface area contributed by atoms with Crippen LogP contribution in [0.2, 0.25) is 0 Å². The molecule has 37 heavy (non-hydrogen) atoms. The number of unbranched alkanes of at least 4 members (excludes halogenated alkanes) is 3. The van der Waals surface area contributed by atoms with E-state index in [1.807, 2.05) is 36.4 Å². The minimum atomic E-state index is -0.275. The summed E-state index contributed by atoms with van der Waals surface area (Å²) in [5.41, 5.74) is 3.84. The molecule has 3 rings (SSSR count). The third kappa shape index (κ3) is 9.60. The molecule has 0 aliphatic carbocycles. The lowest BCUT2D eigenvalue weighted by Gasteiger charge is -2.14. The van der Waals surface area contributed by atoms with Crippen molar-refractivity contribution in [1.29, 1.82) is 0 Å². The highest BCUT2D eigenvalue weighted by Gasteiger charge is 2.12. The smallest absolute Gasteiger partial charge is 0.271 e. The number of hydrazone groups is 1. The summed E-state index contributed by atoms with van der Waals surface area (Å²) in [5.74, 6) is 2.53. The molecule has 0 saturated carbocycles. The largest absolute Gasteiger partial charge is 0.494 e. The molecule has 3 aromatic rings. The van der Waals surface area contributed by atoms with Gasteiger partial charge < -0.3 is 18.9 Å². The molecular formula is C29H33IN2O5. The van der Waals surface area contributed by atoms with Gasteiger partial charge in [0.15, 0.2) is 11.5 Å². The monoisotopic (exact) mass is 616 g/mol. The van der Waals surface area contributed by atoms with Crippen LogP contribution in [0.25, 0.3) is 0 Å². The first-order chi connectivity index (χ1) is 18.1. The molecule has 0 bridgehead atoms. The van der Waals surface area contributed by atoms with E-state index in [1.54, 1.807) is 43.7 Å². The lowest BCUT2D eigenvalue weighted by Crippen LogP contribution is -2.17. The maximum absolute atomic E-state index is 12.1. The van der Waals surface area contributed by atoms with Crippen molar-refractivity contribution in [3.63, 3.8) is 0 Å². The summed E-state index contributed by atoms with van der Waals surface area (Å²) in [7, 11) is 1.58. The van der Waals surface area contributed by atoms with E-state index in [0.717, 1.165) is 33.7 Å². The molecule has 196 valence electrons. The Morgan fingerprint density at radius 1 is 0.892 bits per heavy atom. The maximum Gasteiger partial charge on any atom is 0.271 e. The number of carbonyl (C=O) groups is 1. The van der Waals surface area contributed by atoms with Crippen LogP contribution >= 0.6 is 22.6 Å². The summed E-state index contributed by atoms with van der Waals surface area (Å²) < 4.78 is 23.9. The van der Waals surface area contributed by atoms with Crippen molar-refractivity contribution in [3.05, 3.63) is 81.4 Å². The zero-order valence-electron chi connectivity index (χ0n) is 21.2.